The molecule has 2 heterocycles. The minimum absolute atomic E-state index is 0.790. The van der Waals surface area contributed by atoms with Crippen LogP contribution in [0.4, 0.5) is 0 Å². The zero-order chi connectivity index (χ0) is 17.9. The quantitative estimate of drug-likeness (QED) is 0.506. The molecular formula is C19H18N6S. The van der Waals surface area contributed by atoms with Gasteiger partial charge in [0.1, 0.15) is 0 Å². The van der Waals surface area contributed by atoms with Crippen LogP contribution in [0.15, 0.2) is 66.1 Å². The van der Waals surface area contributed by atoms with Gasteiger partial charge in [-0.1, -0.05) is 42.1 Å². The summed E-state index contributed by atoms with van der Waals surface area (Å²) >= 11 is 1.63. The lowest BCUT2D eigenvalue weighted by molar-refractivity contribution is 0.747. The summed E-state index contributed by atoms with van der Waals surface area (Å²) in [5.41, 5.74) is 5.62. The molecule has 0 amide bonds. The molecule has 0 saturated carbocycles. The lowest BCUT2D eigenvalue weighted by Gasteiger charge is -2.10. The second-order valence-electron chi connectivity index (χ2n) is 6.02. The van der Waals surface area contributed by atoms with Gasteiger partial charge in [-0.15, -0.1) is 5.10 Å². The van der Waals surface area contributed by atoms with Crippen LogP contribution in [0.5, 0.6) is 0 Å². The molecule has 0 atom stereocenters. The lowest BCUT2D eigenvalue weighted by atomic mass is 10.1. The van der Waals surface area contributed by atoms with Crippen molar-refractivity contribution in [2.24, 2.45) is 0 Å². The minimum atomic E-state index is 0.790. The van der Waals surface area contributed by atoms with E-state index >= 15 is 0 Å². The molecule has 6 nitrogen and oxygen atoms in total. The molecule has 0 spiro atoms. The molecule has 130 valence electrons. The Morgan fingerprint density at radius 3 is 2.42 bits per heavy atom. The normalized spacial score (nSPS) is 11.0. The van der Waals surface area contributed by atoms with Gasteiger partial charge in [0.25, 0.3) is 0 Å². The van der Waals surface area contributed by atoms with Crippen molar-refractivity contribution in [3.05, 3.63) is 77.6 Å². The van der Waals surface area contributed by atoms with E-state index in [9.17, 15) is 0 Å². The first-order valence-corrected chi connectivity index (χ1v) is 9.27. The Hall–Kier alpha value is -2.93. The van der Waals surface area contributed by atoms with Crippen molar-refractivity contribution >= 4 is 11.8 Å². The molecule has 0 bridgehead atoms. The SMILES string of the molecule is Cc1cccc(C)c1-n1nnnc1SCc1ccc(-n2cccn2)cc1. The first-order chi connectivity index (χ1) is 12.7. The van der Waals surface area contributed by atoms with E-state index < -0.39 is 0 Å². The van der Waals surface area contributed by atoms with E-state index in [0.717, 1.165) is 33.4 Å². The summed E-state index contributed by atoms with van der Waals surface area (Å²) in [5, 5.41) is 17.3. The molecule has 26 heavy (non-hydrogen) atoms. The Bertz CT molecular complexity index is 985. The Kier molecular flexibility index (Phi) is 4.53. The lowest BCUT2D eigenvalue weighted by Crippen LogP contribution is -2.04. The predicted molar refractivity (Wildman–Crippen MR) is 102 cm³/mol. The fourth-order valence-electron chi connectivity index (χ4n) is 2.86. The number of para-hydroxylation sites is 1. The van der Waals surface area contributed by atoms with Crippen LogP contribution < -0.4 is 0 Å². The molecular weight excluding hydrogens is 344 g/mol. The van der Waals surface area contributed by atoms with E-state index in [1.165, 1.54) is 5.56 Å². The van der Waals surface area contributed by atoms with Crippen LogP contribution in [-0.2, 0) is 5.75 Å². The number of aryl methyl sites for hydroxylation is 2. The van der Waals surface area contributed by atoms with Gasteiger partial charge >= 0.3 is 0 Å². The van der Waals surface area contributed by atoms with Gasteiger partial charge in [0.2, 0.25) is 5.16 Å². The minimum Gasteiger partial charge on any atom is -0.241 e. The van der Waals surface area contributed by atoms with Gasteiger partial charge < -0.3 is 0 Å². The first kappa shape index (κ1) is 16.5. The third-order valence-electron chi connectivity index (χ3n) is 4.17. The van der Waals surface area contributed by atoms with Crippen LogP contribution in [0, 0.1) is 13.8 Å². The summed E-state index contributed by atoms with van der Waals surface area (Å²) in [6.45, 7) is 4.15. The number of rotatable bonds is 5. The van der Waals surface area contributed by atoms with Crippen molar-refractivity contribution in [1.82, 2.24) is 30.0 Å². The monoisotopic (exact) mass is 362 g/mol. The Balaban J connectivity index is 1.52. The summed E-state index contributed by atoms with van der Waals surface area (Å²) < 4.78 is 3.67. The molecule has 0 fully saturated rings. The molecule has 2 aromatic heterocycles. The van der Waals surface area contributed by atoms with Gasteiger partial charge in [0.05, 0.1) is 11.4 Å². The van der Waals surface area contributed by atoms with E-state index in [0.29, 0.717) is 0 Å². The third-order valence-corrected chi connectivity index (χ3v) is 5.16. The highest BCUT2D eigenvalue weighted by molar-refractivity contribution is 7.98. The number of thioether (sulfide) groups is 1. The average Bonchev–Trinajstić information content (AvgIpc) is 3.33. The van der Waals surface area contributed by atoms with Gasteiger partial charge in [0.15, 0.2) is 0 Å². The van der Waals surface area contributed by atoms with Gasteiger partial charge in [-0.25, -0.2) is 4.68 Å². The maximum atomic E-state index is 4.25. The molecule has 2 aromatic carbocycles. The van der Waals surface area contributed by atoms with Crippen LogP contribution >= 0.6 is 11.8 Å². The van der Waals surface area contributed by atoms with E-state index in [4.69, 9.17) is 0 Å². The molecule has 0 aliphatic heterocycles. The zero-order valence-electron chi connectivity index (χ0n) is 14.6. The number of hydrogen-bond acceptors (Lipinski definition) is 5. The molecule has 4 rings (SSSR count). The van der Waals surface area contributed by atoms with Crippen molar-refractivity contribution in [2.75, 3.05) is 0 Å². The summed E-state index contributed by atoms with van der Waals surface area (Å²) in [6.07, 6.45) is 3.71. The highest BCUT2D eigenvalue weighted by Crippen LogP contribution is 2.26. The maximum absolute atomic E-state index is 4.25. The van der Waals surface area contributed by atoms with E-state index in [2.05, 4.69) is 70.9 Å². The first-order valence-electron chi connectivity index (χ1n) is 8.29. The number of aromatic nitrogens is 6. The Morgan fingerprint density at radius 1 is 0.962 bits per heavy atom. The molecule has 0 unspecified atom stereocenters. The third kappa shape index (κ3) is 3.25. The second-order valence-corrected chi connectivity index (χ2v) is 6.96. The van der Waals surface area contributed by atoms with Crippen LogP contribution in [-0.4, -0.2) is 30.0 Å². The van der Waals surface area contributed by atoms with Crippen molar-refractivity contribution < 1.29 is 0 Å². The van der Waals surface area contributed by atoms with Gasteiger partial charge in [0, 0.05) is 18.1 Å². The smallest absolute Gasteiger partial charge is 0.214 e. The van der Waals surface area contributed by atoms with Crippen molar-refractivity contribution in [2.45, 2.75) is 24.8 Å². The number of benzene rings is 2. The number of tetrazole rings is 1. The molecule has 0 saturated heterocycles. The molecule has 0 aliphatic carbocycles. The van der Waals surface area contributed by atoms with Gasteiger partial charge in [-0.3, -0.25) is 0 Å². The van der Waals surface area contributed by atoms with Crippen molar-refractivity contribution in [3.63, 3.8) is 0 Å². The second kappa shape index (κ2) is 7.13. The average molecular weight is 362 g/mol. The van der Waals surface area contributed by atoms with Crippen LogP contribution in [0.3, 0.4) is 0 Å². The molecule has 0 aliphatic rings. The Labute approximate surface area is 155 Å². The standard InChI is InChI=1S/C19H18N6S/c1-14-5-3-6-15(2)18(14)25-19(21-22-23-25)26-13-16-7-9-17(10-8-16)24-12-4-11-20-24/h3-12H,13H2,1-2H3. The highest BCUT2D eigenvalue weighted by Gasteiger charge is 2.13. The fourth-order valence-corrected chi connectivity index (χ4v) is 3.70. The topological polar surface area (TPSA) is 61.4 Å². The summed E-state index contributed by atoms with van der Waals surface area (Å²) in [6, 6.07) is 16.5. The van der Waals surface area contributed by atoms with E-state index in [1.807, 2.05) is 27.7 Å². The van der Waals surface area contributed by atoms with Crippen LogP contribution in [0.25, 0.3) is 11.4 Å². The highest BCUT2D eigenvalue weighted by atomic mass is 32.2. The Morgan fingerprint density at radius 2 is 1.73 bits per heavy atom. The summed E-state index contributed by atoms with van der Waals surface area (Å²) in [5.74, 6) is 0.796. The maximum Gasteiger partial charge on any atom is 0.214 e. The van der Waals surface area contributed by atoms with Crippen LogP contribution in [0.2, 0.25) is 0 Å². The van der Waals surface area contributed by atoms with Crippen molar-refractivity contribution in [1.29, 1.82) is 0 Å². The summed E-state index contributed by atoms with van der Waals surface area (Å²) in [7, 11) is 0. The molecule has 4 aromatic rings. The van der Waals surface area contributed by atoms with Crippen molar-refractivity contribution in [3.8, 4) is 11.4 Å². The largest absolute Gasteiger partial charge is 0.241 e. The van der Waals surface area contributed by atoms with E-state index in [-0.39, 0.29) is 0 Å². The molecule has 0 N–H and O–H groups in total. The fraction of sp³-hybridized carbons (Fsp3) is 0.158. The van der Waals surface area contributed by atoms with Gasteiger partial charge in [-0.2, -0.15) is 9.78 Å². The number of hydrogen-bond donors (Lipinski definition) is 0. The van der Waals surface area contributed by atoms with E-state index in [1.54, 1.807) is 18.0 Å². The van der Waals surface area contributed by atoms with Crippen LogP contribution in [0.1, 0.15) is 16.7 Å². The molecule has 0 radical (unpaired) electrons. The van der Waals surface area contributed by atoms with Gasteiger partial charge in [-0.05, 0) is 59.2 Å². The molecule has 7 heteroatoms. The predicted octanol–water partition coefficient (Wildman–Crippen LogP) is 3.76. The number of nitrogens with zero attached hydrogens (tertiary/aromatic N) is 6. The zero-order valence-corrected chi connectivity index (χ0v) is 15.4. The summed E-state index contributed by atoms with van der Waals surface area (Å²) in [4.78, 5) is 0.